The zero-order valence-corrected chi connectivity index (χ0v) is 10.5. The smallest absolute Gasteiger partial charge is 0.335 e. The molecule has 0 unspecified atom stereocenters. The number of hydrogen-bond acceptors (Lipinski definition) is 4. The number of anilines is 1. The molecule has 2 aromatic heterocycles. The largest absolute Gasteiger partial charge is 0.478 e. The van der Waals surface area contributed by atoms with Gasteiger partial charge in [-0.25, -0.2) is 9.78 Å². The average molecular weight is 273 g/mol. The number of pyridine rings is 2. The topological polar surface area (TPSA) is 101 Å². The third-order valence-electron chi connectivity index (χ3n) is 2.61. The van der Waals surface area contributed by atoms with E-state index in [9.17, 15) is 14.4 Å². The van der Waals surface area contributed by atoms with Gasteiger partial charge in [-0.2, -0.15) is 0 Å². The van der Waals surface area contributed by atoms with Crippen molar-refractivity contribution in [2.24, 2.45) is 7.05 Å². The van der Waals surface area contributed by atoms with E-state index in [1.54, 1.807) is 7.05 Å². The highest BCUT2D eigenvalue weighted by molar-refractivity contribution is 6.04. The molecule has 2 heterocycles. The molecule has 0 saturated carbocycles. The molecular weight excluding hydrogens is 262 g/mol. The second-order valence-corrected chi connectivity index (χ2v) is 4.05. The summed E-state index contributed by atoms with van der Waals surface area (Å²) in [6.07, 6.45) is 2.75. The summed E-state index contributed by atoms with van der Waals surface area (Å²) >= 11 is 0. The molecule has 0 aliphatic carbocycles. The van der Waals surface area contributed by atoms with E-state index < -0.39 is 11.9 Å². The lowest BCUT2D eigenvalue weighted by Gasteiger charge is -2.05. The van der Waals surface area contributed by atoms with Crippen molar-refractivity contribution >= 4 is 17.7 Å². The Morgan fingerprint density at radius 1 is 1.25 bits per heavy atom. The third kappa shape index (κ3) is 2.89. The number of hydrogen-bond donors (Lipinski definition) is 2. The summed E-state index contributed by atoms with van der Waals surface area (Å²) in [4.78, 5) is 38.0. The maximum absolute atomic E-state index is 11.9. The maximum Gasteiger partial charge on any atom is 0.335 e. The van der Waals surface area contributed by atoms with Crippen LogP contribution < -0.4 is 10.9 Å². The summed E-state index contributed by atoms with van der Waals surface area (Å²) in [5.74, 6) is -1.54. The van der Waals surface area contributed by atoms with Crippen LogP contribution in [0.3, 0.4) is 0 Å². The Bertz CT molecular complexity index is 736. The standard InChI is InChI=1S/C13H11N3O4/c1-16-5-3-8(7-11(16)17)12(18)15-10-6-9(13(19)20)2-4-14-10/h2-7H,1H3,(H,19,20)(H,14,15,18). The van der Waals surface area contributed by atoms with Gasteiger partial charge >= 0.3 is 5.97 Å². The van der Waals surface area contributed by atoms with E-state index >= 15 is 0 Å². The van der Waals surface area contributed by atoms with Crippen molar-refractivity contribution in [2.75, 3.05) is 5.32 Å². The lowest BCUT2D eigenvalue weighted by Crippen LogP contribution is -2.20. The molecule has 7 nitrogen and oxygen atoms in total. The molecule has 102 valence electrons. The van der Waals surface area contributed by atoms with Crippen LogP contribution in [0.1, 0.15) is 20.7 Å². The molecule has 0 aliphatic rings. The fourth-order valence-corrected chi connectivity index (χ4v) is 1.51. The van der Waals surface area contributed by atoms with Gasteiger partial charge in [-0.3, -0.25) is 9.59 Å². The Hall–Kier alpha value is -2.96. The van der Waals surface area contributed by atoms with Crippen LogP contribution in [-0.2, 0) is 7.05 Å². The van der Waals surface area contributed by atoms with Crippen LogP contribution in [0.2, 0.25) is 0 Å². The highest BCUT2D eigenvalue weighted by Crippen LogP contribution is 2.08. The van der Waals surface area contributed by atoms with Crippen LogP contribution in [-0.4, -0.2) is 26.5 Å². The number of nitrogens with zero attached hydrogens (tertiary/aromatic N) is 2. The van der Waals surface area contributed by atoms with Crippen LogP contribution in [0.4, 0.5) is 5.82 Å². The molecule has 2 N–H and O–H groups in total. The zero-order valence-electron chi connectivity index (χ0n) is 10.5. The molecule has 2 aromatic rings. The van der Waals surface area contributed by atoms with Gasteiger partial charge in [-0.1, -0.05) is 0 Å². The number of nitrogens with one attached hydrogen (secondary N) is 1. The van der Waals surface area contributed by atoms with Crippen LogP contribution >= 0.6 is 0 Å². The van der Waals surface area contributed by atoms with Crippen molar-refractivity contribution in [1.82, 2.24) is 9.55 Å². The van der Waals surface area contributed by atoms with Crippen molar-refractivity contribution < 1.29 is 14.7 Å². The molecule has 0 radical (unpaired) electrons. The fourth-order valence-electron chi connectivity index (χ4n) is 1.51. The second kappa shape index (κ2) is 5.35. The van der Waals surface area contributed by atoms with Crippen molar-refractivity contribution in [2.45, 2.75) is 0 Å². The fraction of sp³-hybridized carbons (Fsp3) is 0.0769. The van der Waals surface area contributed by atoms with Gasteiger partial charge in [0, 0.05) is 31.1 Å². The SMILES string of the molecule is Cn1ccc(C(=O)Nc2cc(C(=O)O)ccn2)cc1=O. The van der Waals surface area contributed by atoms with Crippen molar-refractivity contribution in [1.29, 1.82) is 0 Å². The van der Waals surface area contributed by atoms with Gasteiger partial charge < -0.3 is 15.0 Å². The van der Waals surface area contributed by atoms with E-state index in [4.69, 9.17) is 5.11 Å². The molecule has 7 heteroatoms. The highest BCUT2D eigenvalue weighted by Gasteiger charge is 2.10. The molecule has 0 fully saturated rings. The van der Waals surface area contributed by atoms with E-state index in [0.717, 1.165) is 0 Å². The number of aryl methyl sites for hydroxylation is 1. The monoisotopic (exact) mass is 273 g/mol. The molecule has 0 aromatic carbocycles. The molecule has 0 aliphatic heterocycles. The Labute approximate surface area is 113 Å². The number of rotatable bonds is 3. The predicted octanol–water partition coefficient (Wildman–Crippen LogP) is 0.731. The lowest BCUT2D eigenvalue weighted by atomic mass is 10.2. The molecule has 0 bridgehead atoms. The second-order valence-electron chi connectivity index (χ2n) is 4.05. The van der Waals surface area contributed by atoms with E-state index in [0.29, 0.717) is 0 Å². The van der Waals surface area contributed by atoms with Crippen LogP contribution in [0.15, 0.2) is 41.5 Å². The highest BCUT2D eigenvalue weighted by atomic mass is 16.4. The van der Waals surface area contributed by atoms with Gasteiger partial charge in [0.1, 0.15) is 5.82 Å². The summed E-state index contributed by atoms with van der Waals surface area (Å²) in [6, 6.07) is 5.23. The number of carboxylic acid groups (broad SMARTS) is 1. The lowest BCUT2D eigenvalue weighted by molar-refractivity contribution is 0.0696. The van der Waals surface area contributed by atoms with Crippen molar-refractivity contribution in [3.8, 4) is 0 Å². The number of amides is 1. The Balaban J connectivity index is 2.23. The Morgan fingerprint density at radius 3 is 2.65 bits per heavy atom. The number of carbonyl (C=O) groups is 2. The minimum atomic E-state index is -1.11. The zero-order chi connectivity index (χ0) is 14.7. The van der Waals surface area contributed by atoms with Crippen LogP contribution in [0.25, 0.3) is 0 Å². The van der Waals surface area contributed by atoms with E-state index in [1.165, 1.54) is 41.2 Å². The van der Waals surface area contributed by atoms with Crippen LogP contribution in [0.5, 0.6) is 0 Å². The van der Waals surface area contributed by atoms with Gasteiger partial charge in [0.2, 0.25) is 0 Å². The molecule has 1 amide bonds. The third-order valence-corrected chi connectivity index (χ3v) is 2.61. The summed E-state index contributed by atoms with van der Waals surface area (Å²) in [5, 5.41) is 11.3. The first-order valence-electron chi connectivity index (χ1n) is 5.65. The summed E-state index contributed by atoms with van der Waals surface area (Å²) in [7, 11) is 1.57. The number of aromatic carboxylic acids is 1. The van der Waals surface area contributed by atoms with Gasteiger partial charge in [0.15, 0.2) is 0 Å². The average Bonchev–Trinajstić information content (AvgIpc) is 2.42. The van der Waals surface area contributed by atoms with E-state index in [2.05, 4.69) is 10.3 Å². The van der Waals surface area contributed by atoms with Crippen molar-refractivity contribution in [3.05, 3.63) is 58.1 Å². The van der Waals surface area contributed by atoms with Gasteiger partial charge in [0.25, 0.3) is 11.5 Å². The predicted molar refractivity (Wildman–Crippen MR) is 70.8 cm³/mol. The van der Waals surface area contributed by atoms with Crippen LogP contribution in [0, 0.1) is 0 Å². The molecule has 2 rings (SSSR count). The van der Waals surface area contributed by atoms with Gasteiger partial charge in [-0.05, 0) is 18.2 Å². The quantitative estimate of drug-likeness (QED) is 0.858. The minimum absolute atomic E-state index is 0.0132. The van der Waals surface area contributed by atoms with Gasteiger partial charge in [-0.15, -0.1) is 0 Å². The number of aromatic nitrogens is 2. The summed E-state index contributed by atoms with van der Waals surface area (Å²) in [5.41, 5.74) is -0.125. The first kappa shape index (κ1) is 13.5. The van der Waals surface area contributed by atoms with Gasteiger partial charge in [0.05, 0.1) is 5.56 Å². The minimum Gasteiger partial charge on any atom is -0.478 e. The number of carboxylic acids is 1. The summed E-state index contributed by atoms with van der Waals surface area (Å²) in [6.45, 7) is 0. The van der Waals surface area contributed by atoms with E-state index in [1.807, 2.05) is 0 Å². The van der Waals surface area contributed by atoms with E-state index in [-0.39, 0.29) is 22.5 Å². The maximum atomic E-state index is 11.9. The Morgan fingerprint density at radius 2 is 2.00 bits per heavy atom. The molecule has 0 spiro atoms. The normalized spacial score (nSPS) is 10.1. The number of carbonyl (C=O) groups excluding carboxylic acids is 1. The Kier molecular flexibility index (Phi) is 3.60. The summed E-state index contributed by atoms with van der Waals surface area (Å²) < 4.78 is 1.33. The molecule has 0 saturated heterocycles. The first-order valence-corrected chi connectivity index (χ1v) is 5.65. The molecule has 0 atom stereocenters. The molecule has 20 heavy (non-hydrogen) atoms. The van der Waals surface area contributed by atoms with Crippen molar-refractivity contribution in [3.63, 3.8) is 0 Å². The molecular formula is C13H11N3O4. The first-order chi connectivity index (χ1) is 9.47.